The van der Waals surface area contributed by atoms with Gasteiger partial charge in [-0.25, -0.2) is 0 Å². The Morgan fingerprint density at radius 1 is 0.897 bits per heavy atom. The van der Waals surface area contributed by atoms with Crippen molar-refractivity contribution in [3.05, 3.63) is 89.3 Å². The SMILES string of the molecule is COC(=O)CCc1ccc(OCc2cccc(-c3ccc4sccc4c3)c2)cc1. The zero-order valence-corrected chi connectivity index (χ0v) is 17.1. The molecule has 0 atom stereocenters. The maximum atomic E-state index is 11.2. The number of aryl methyl sites for hydroxylation is 1. The normalized spacial score (nSPS) is 10.8. The van der Waals surface area contributed by atoms with E-state index in [2.05, 4.69) is 58.6 Å². The van der Waals surface area contributed by atoms with Gasteiger partial charge in [-0.05, 0) is 75.8 Å². The number of ether oxygens (including phenoxy) is 2. The van der Waals surface area contributed by atoms with Gasteiger partial charge in [0.15, 0.2) is 0 Å². The van der Waals surface area contributed by atoms with Gasteiger partial charge in [-0.3, -0.25) is 4.79 Å². The highest BCUT2D eigenvalue weighted by atomic mass is 32.1. The van der Waals surface area contributed by atoms with Crippen LogP contribution in [0.25, 0.3) is 21.2 Å². The summed E-state index contributed by atoms with van der Waals surface area (Å²) in [6.07, 6.45) is 1.06. The van der Waals surface area contributed by atoms with Crippen molar-refractivity contribution >= 4 is 27.4 Å². The van der Waals surface area contributed by atoms with Crippen molar-refractivity contribution in [2.24, 2.45) is 0 Å². The van der Waals surface area contributed by atoms with Crippen molar-refractivity contribution in [1.82, 2.24) is 0 Å². The quantitative estimate of drug-likeness (QED) is 0.343. The van der Waals surface area contributed by atoms with Crippen LogP contribution in [0.1, 0.15) is 17.5 Å². The fourth-order valence-electron chi connectivity index (χ4n) is 3.25. The molecule has 0 saturated carbocycles. The Balaban J connectivity index is 1.40. The Morgan fingerprint density at radius 2 is 1.72 bits per heavy atom. The van der Waals surface area contributed by atoms with Crippen molar-refractivity contribution in [2.45, 2.75) is 19.4 Å². The van der Waals surface area contributed by atoms with E-state index in [1.54, 1.807) is 11.3 Å². The van der Waals surface area contributed by atoms with Gasteiger partial charge in [-0.1, -0.05) is 36.4 Å². The molecule has 0 unspecified atom stereocenters. The minimum Gasteiger partial charge on any atom is -0.489 e. The van der Waals surface area contributed by atoms with Gasteiger partial charge in [0, 0.05) is 11.1 Å². The van der Waals surface area contributed by atoms with Crippen molar-refractivity contribution in [3.8, 4) is 16.9 Å². The number of carbonyl (C=O) groups is 1. The first-order chi connectivity index (χ1) is 14.2. The van der Waals surface area contributed by atoms with E-state index >= 15 is 0 Å². The van der Waals surface area contributed by atoms with Crippen LogP contribution in [-0.4, -0.2) is 13.1 Å². The average Bonchev–Trinajstić information content (AvgIpc) is 3.25. The van der Waals surface area contributed by atoms with Crippen LogP contribution in [0, 0.1) is 0 Å². The number of rotatable bonds is 7. The maximum absolute atomic E-state index is 11.2. The third-order valence-corrected chi connectivity index (χ3v) is 5.78. The Morgan fingerprint density at radius 3 is 2.55 bits per heavy atom. The summed E-state index contributed by atoms with van der Waals surface area (Å²) >= 11 is 1.76. The third kappa shape index (κ3) is 4.84. The van der Waals surface area contributed by atoms with Crippen LogP contribution in [0.3, 0.4) is 0 Å². The number of hydrogen-bond acceptors (Lipinski definition) is 4. The number of benzene rings is 3. The first kappa shape index (κ1) is 19.2. The Hall–Kier alpha value is -3.11. The molecule has 0 amide bonds. The molecular weight excluding hydrogens is 380 g/mol. The molecule has 29 heavy (non-hydrogen) atoms. The van der Waals surface area contributed by atoms with Crippen molar-refractivity contribution in [2.75, 3.05) is 7.11 Å². The lowest BCUT2D eigenvalue weighted by atomic mass is 10.0. The van der Waals surface area contributed by atoms with E-state index in [9.17, 15) is 4.79 Å². The van der Waals surface area contributed by atoms with Gasteiger partial charge < -0.3 is 9.47 Å². The molecule has 4 rings (SSSR count). The molecular formula is C25H22O3S. The molecule has 1 heterocycles. The summed E-state index contributed by atoms with van der Waals surface area (Å²) in [4.78, 5) is 11.2. The molecule has 3 aromatic carbocycles. The van der Waals surface area contributed by atoms with Crippen molar-refractivity contribution in [1.29, 1.82) is 0 Å². The predicted octanol–water partition coefficient (Wildman–Crippen LogP) is 6.25. The molecule has 0 spiro atoms. The number of hydrogen-bond donors (Lipinski definition) is 0. The van der Waals surface area contributed by atoms with Crippen molar-refractivity contribution < 1.29 is 14.3 Å². The molecule has 0 aliphatic rings. The highest BCUT2D eigenvalue weighted by Gasteiger charge is 2.04. The van der Waals surface area contributed by atoms with Crippen molar-refractivity contribution in [3.63, 3.8) is 0 Å². The van der Waals surface area contributed by atoms with Crippen LogP contribution in [0.4, 0.5) is 0 Å². The highest BCUT2D eigenvalue weighted by Crippen LogP contribution is 2.28. The topological polar surface area (TPSA) is 35.5 Å². The van der Waals surface area contributed by atoms with E-state index in [1.165, 1.54) is 28.3 Å². The lowest BCUT2D eigenvalue weighted by molar-refractivity contribution is -0.140. The lowest BCUT2D eigenvalue weighted by Gasteiger charge is -2.09. The number of fused-ring (bicyclic) bond motifs is 1. The third-order valence-electron chi connectivity index (χ3n) is 4.89. The standard InChI is InChI=1S/C25H22O3S/c1-27-25(26)12-7-18-5-9-23(10-6-18)28-17-19-3-2-4-20(15-19)21-8-11-24-22(16-21)13-14-29-24/h2-6,8-11,13-16H,7,12,17H2,1H3. The largest absolute Gasteiger partial charge is 0.489 e. The lowest BCUT2D eigenvalue weighted by Crippen LogP contribution is -2.02. The van der Waals surface area contributed by atoms with E-state index in [0.717, 1.165) is 16.9 Å². The minimum atomic E-state index is -0.191. The van der Waals surface area contributed by atoms with Crippen LogP contribution >= 0.6 is 11.3 Å². The molecule has 146 valence electrons. The Kier molecular flexibility index (Phi) is 5.92. The number of thiophene rings is 1. The van der Waals surface area contributed by atoms with Gasteiger partial charge in [0.2, 0.25) is 0 Å². The molecule has 3 nitrogen and oxygen atoms in total. The molecule has 0 saturated heterocycles. The smallest absolute Gasteiger partial charge is 0.305 e. The molecule has 0 bridgehead atoms. The first-order valence-corrected chi connectivity index (χ1v) is 10.4. The summed E-state index contributed by atoms with van der Waals surface area (Å²) in [5, 5.41) is 3.40. The van der Waals surface area contributed by atoms with E-state index in [-0.39, 0.29) is 5.97 Å². The first-order valence-electron chi connectivity index (χ1n) is 9.56. The zero-order valence-electron chi connectivity index (χ0n) is 16.3. The van der Waals surface area contributed by atoms with Crippen LogP contribution < -0.4 is 4.74 Å². The predicted molar refractivity (Wildman–Crippen MR) is 118 cm³/mol. The van der Waals surface area contributed by atoms with Crippen LogP contribution in [0.15, 0.2) is 78.2 Å². The molecule has 4 heteroatoms. The zero-order chi connectivity index (χ0) is 20.1. The summed E-state index contributed by atoms with van der Waals surface area (Å²) in [6.45, 7) is 0.510. The summed E-state index contributed by atoms with van der Waals surface area (Å²) in [7, 11) is 1.41. The summed E-state index contributed by atoms with van der Waals surface area (Å²) in [6, 6.07) is 25.1. The van der Waals surface area contributed by atoms with Gasteiger partial charge >= 0.3 is 5.97 Å². The number of methoxy groups -OCH3 is 1. The van der Waals surface area contributed by atoms with Crippen LogP contribution in [0.5, 0.6) is 5.75 Å². The number of carbonyl (C=O) groups excluding carboxylic acids is 1. The molecule has 0 aliphatic heterocycles. The maximum Gasteiger partial charge on any atom is 0.305 e. The molecule has 0 radical (unpaired) electrons. The average molecular weight is 403 g/mol. The van der Waals surface area contributed by atoms with E-state index in [4.69, 9.17) is 4.74 Å². The van der Waals surface area contributed by atoms with E-state index in [1.807, 2.05) is 24.3 Å². The van der Waals surface area contributed by atoms with Gasteiger partial charge in [0.1, 0.15) is 12.4 Å². The van der Waals surface area contributed by atoms with Crippen LogP contribution in [0.2, 0.25) is 0 Å². The summed E-state index contributed by atoms with van der Waals surface area (Å²) in [5.74, 6) is 0.625. The molecule has 0 fully saturated rings. The highest BCUT2D eigenvalue weighted by molar-refractivity contribution is 7.17. The van der Waals surface area contributed by atoms with Gasteiger partial charge in [-0.2, -0.15) is 0 Å². The monoisotopic (exact) mass is 402 g/mol. The second-order valence-electron chi connectivity index (χ2n) is 6.88. The fourth-order valence-corrected chi connectivity index (χ4v) is 4.03. The fraction of sp³-hybridized carbons (Fsp3) is 0.160. The molecule has 4 aromatic rings. The van der Waals surface area contributed by atoms with E-state index in [0.29, 0.717) is 19.4 Å². The Labute approximate surface area is 174 Å². The molecule has 0 aliphatic carbocycles. The summed E-state index contributed by atoms with van der Waals surface area (Å²) < 4.78 is 11.9. The van der Waals surface area contributed by atoms with E-state index < -0.39 is 0 Å². The molecule has 1 aromatic heterocycles. The second kappa shape index (κ2) is 8.93. The second-order valence-corrected chi connectivity index (χ2v) is 7.83. The Bertz CT molecular complexity index is 1110. The number of esters is 1. The van der Waals surface area contributed by atoms with Gasteiger partial charge in [0.25, 0.3) is 0 Å². The van der Waals surface area contributed by atoms with Crippen LogP contribution in [-0.2, 0) is 22.6 Å². The van der Waals surface area contributed by atoms with Gasteiger partial charge in [-0.15, -0.1) is 11.3 Å². The van der Waals surface area contributed by atoms with Gasteiger partial charge in [0.05, 0.1) is 7.11 Å². The minimum absolute atomic E-state index is 0.191. The molecule has 0 N–H and O–H groups in total. The summed E-state index contributed by atoms with van der Waals surface area (Å²) in [5.41, 5.74) is 4.63.